The van der Waals surface area contributed by atoms with E-state index in [9.17, 15) is 4.79 Å². The number of ether oxygens (including phenoxy) is 1. The summed E-state index contributed by atoms with van der Waals surface area (Å²) in [6.45, 7) is 4.15. The summed E-state index contributed by atoms with van der Waals surface area (Å²) >= 11 is 0. The fraction of sp³-hybridized carbons (Fsp3) is 0.250. The Balaban J connectivity index is 2.46. The van der Waals surface area contributed by atoms with E-state index in [-0.39, 0.29) is 5.97 Å². The van der Waals surface area contributed by atoms with Crippen LogP contribution in [0.15, 0.2) is 36.4 Å². The zero-order chi connectivity index (χ0) is 10.4. The highest BCUT2D eigenvalue weighted by atomic mass is 16.5. The fourth-order valence-electron chi connectivity index (χ4n) is 1.02. The maximum Gasteiger partial charge on any atom is 0.330 e. The van der Waals surface area contributed by atoms with Crippen molar-refractivity contribution in [2.24, 2.45) is 0 Å². The van der Waals surface area contributed by atoms with E-state index in [1.807, 2.05) is 31.2 Å². The summed E-state index contributed by atoms with van der Waals surface area (Å²) in [6, 6.07) is 7.91. The molecule has 0 atom stereocenters. The molecule has 0 saturated carbocycles. The van der Waals surface area contributed by atoms with Gasteiger partial charge in [-0.3, -0.25) is 0 Å². The molecule has 0 spiro atoms. The molecule has 0 heterocycles. The van der Waals surface area contributed by atoms with Gasteiger partial charge in [-0.1, -0.05) is 35.9 Å². The third-order valence-electron chi connectivity index (χ3n) is 1.80. The van der Waals surface area contributed by atoms with Gasteiger partial charge in [-0.25, -0.2) is 4.79 Å². The molecule has 1 aromatic carbocycles. The topological polar surface area (TPSA) is 26.3 Å². The lowest BCUT2D eigenvalue weighted by Gasteiger charge is -2.02. The van der Waals surface area contributed by atoms with E-state index in [2.05, 4.69) is 0 Å². The smallest absolute Gasteiger partial charge is 0.330 e. The molecular weight excluding hydrogens is 176 g/mol. The Morgan fingerprint density at radius 3 is 2.57 bits per heavy atom. The van der Waals surface area contributed by atoms with Gasteiger partial charge in [-0.2, -0.15) is 0 Å². The van der Waals surface area contributed by atoms with Crippen LogP contribution in [0.3, 0.4) is 0 Å². The van der Waals surface area contributed by atoms with Gasteiger partial charge in [0.15, 0.2) is 0 Å². The molecular formula is C12H14O2. The van der Waals surface area contributed by atoms with E-state index in [0.29, 0.717) is 6.61 Å². The lowest BCUT2D eigenvalue weighted by Crippen LogP contribution is -2.00. The minimum atomic E-state index is -0.298. The Hall–Kier alpha value is -1.57. The van der Waals surface area contributed by atoms with E-state index in [4.69, 9.17) is 4.74 Å². The zero-order valence-corrected chi connectivity index (χ0v) is 8.49. The number of carbonyl (C=O) groups excluding carboxylic acids is 1. The van der Waals surface area contributed by atoms with Crippen molar-refractivity contribution in [2.45, 2.75) is 20.5 Å². The van der Waals surface area contributed by atoms with Gasteiger partial charge in [0, 0.05) is 6.08 Å². The second-order valence-electron chi connectivity index (χ2n) is 3.09. The molecule has 0 aliphatic rings. The summed E-state index contributed by atoms with van der Waals surface area (Å²) in [4.78, 5) is 11.0. The standard InChI is InChI=1S/C12H14O2/c1-3-4-12(13)14-9-11-7-5-10(2)6-8-11/h3-8H,9H2,1-2H3. The summed E-state index contributed by atoms with van der Waals surface area (Å²) < 4.78 is 4.98. The average Bonchev–Trinajstić information content (AvgIpc) is 2.17. The monoisotopic (exact) mass is 190 g/mol. The summed E-state index contributed by atoms with van der Waals surface area (Å²) in [5.41, 5.74) is 2.21. The molecule has 0 amide bonds. The minimum absolute atomic E-state index is 0.298. The first-order valence-electron chi connectivity index (χ1n) is 4.57. The fourth-order valence-corrected chi connectivity index (χ4v) is 1.02. The van der Waals surface area contributed by atoms with Crippen LogP contribution >= 0.6 is 0 Å². The zero-order valence-electron chi connectivity index (χ0n) is 8.49. The Kier molecular flexibility index (Phi) is 3.92. The lowest BCUT2D eigenvalue weighted by atomic mass is 10.2. The molecule has 74 valence electrons. The second kappa shape index (κ2) is 5.22. The summed E-state index contributed by atoms with van der Waals surface area (Å²) in [7, 11) is 0. The third kappa shape index (κ3) is 3.44. The molecule has 0 unspecified atom stereocenters. The van der Waals surface area contributed by atoms with Gasteiger partial charge in [0.1, 0.15) is 6.61 Å². The van der Waals surface area contributed by atoms with Crippen molar-refractivity contribution in [1.29, 1.82) is 0 Å². The van der Waals surface area contributed by atoms with Crippen LogP contribution in [0.2, 0.25) is 0 Å². The number of esters is 1. The third-order valence-corrected chi connectivity index (χ3v) is 1.80. The second-order valence-corrected chi connectivity index (χ2v) is 3.09. The Morgan fingerprint density at radius 1 is 1.36 bits per heavy atom. The predicted molar refractivity (Wildman–Crippen MR) is 55.8 cm³/mol. The van der Waals surface area contributed by atoms with Crippen LogP contribution in [0, 0.1) is 6.92 Å². The van der Waals surface area contributed by atoms with Gasteiger partial charge in [0.2, 0.25) is 0 Å². The van der Waals surface area contributed by atoms with E-state index in [1.165, 1.54) is 11.6 Å². The molecule has 2 nitrogen and oxygen atoms in total. The molecule has 0 aromatic heterocycles. The van der Waals surface area contributed by atoms with E-state index >= 15 is 0 Å². The number of hydrogen-bond acceptors (Lipinski definition) is 2. The van der Waals surface area contributed by atoms with Crippen LogP contribution in [0.25, 0.3) is 0 Å². The number of allylic oxidation sites excluding steroid dienone is 1. The molecule has 2 heteroatoms. The maximum absolute atomic E-state index is 11.0. The first-order valence-corrected chi connectivity index (χ1v) is 4.57. The maximum atomic E-state index is 11.0. The molecule has 0 fully saturated rings. The van der Waals surface area contributed by atoms with Gasteiger partial charge < -0.3 is 4.74 Å². The average molecular weight is 190 g/mol. The summed E-state index contributed by atoms with van der Waals surface area (Å²) in [5, 5.41) is 0. The largest absolute Gasteiger partial charge is 0.458 e. The van der Waals surface area contributed by atoms with Crippen molar-refractivity contribution in [3.05, 3.63) is 47.5 Å². The SMILES string of the molecule is CC=CC(=O)OCc1ccc(C)cc1. The number of carbonyl (C=O) groups is 1. The van der Waals surface area contributed by atoms with Crippen LogP contribution in [-0.2, 0) is 16.1 Å². The van der Waals surface area contributed by atoms with Crippen molar-refractivity contribution < 1.29 is 9.53 Å². The molecule has 1 aromatic rings. The Labute approximate surface area is 84.2 Å². The predicted octanol–water partition coefficient (Wildman–Crippen LogP) is 2.61. The quantitative estimate of drug-likeness (QED) is 0.541. The highest BCUT2D eigenvalue weighted by molar-refractivity contribution is 5.81. The molecule has 0 saturated heterocycles. The number of hydrogen-bond donors (Lipinski definition) is 0. The highest BCUT2D eigenvalue weighted by Gasteiger charge is 1.97. The minimum Gasteiger partial charge on any atom is -0.458 e. The van der Waals surface area contributed by atoms with Crippen molar-refractivity contribution in [2.75, 3.05) is 0 Å². The summed E-state index contributed by atoms with van der Waals surface area (Å²) in [5.74, 6) is -0.298. The van der Waals surface area contributed by atoms with Crippen molar-refractivity contribution in [3.63, 3.8) is 0 Å². The number of rotatable bonds is 3. The van der Waals surface area contributed by atoms with Gasteiger partial charge in [-0.15, -0.1) is 0 Å². The molecule has 0 bridgehead atoms. The molecule has 14 heavy (non-hydrogen) atoms. The van der Waals surface area contributed by atoms with Crippen molar-refractivity contribution in [3.8, 4) is 0 Å². The lowest BCUT2D eigenvalue weighted by molar-refractivity contribution is -0.139. The molecule has 0 aliphatic heterocycles. The van der Waals surface area contributed by atoms with E-state index in [1.54, 1.807) is 13.0 Å². The van der Waals surface area contributed by atoms with Crippen LogP contribution in [0.4, 0.5) is 0 Å². The molecule has 0 aliphatic carbocycles. The normalized spacial score (nSPS) is 10.4. The van der Waals surface area contributed by atoms with Crippen LogP contribution < -0.4 is 0 Å². The van der Waals surface area contributed by atoms with E-state index < -0.39 is 0 Å². The van der Waals surface area contributed by atoms with Crippen molar-refractivity contribution in [1.82, 2.24) is 0 Å². The number of benzene rings is 1. The highest BCUT2D eigenvalue weighted by Crippen LogP contribution is 2.04. The molecule has 1 rings (SSSR count). The molecule has 0 radical (unpaired) electrons. The van der Waals surface area contributed by atoms with E-state index in [0.717, 1.165) is 5.56 Å². The Bertz CT molecular complexity index is 323. The van der Waals surface area contributed by atoms with Gasteiger partial charge >= 0.3 is 5.97 Å². The van der Waals surface area contributed by atoms with Gasteiger partial charge in [0.05, 0.1) is 0 Å². The first kappa shape index (κ1) is 10.5. The van der Waals surface area contributed by atoms with Crippen LogP contribution in [-0.4, -0.2) is 5.97 Å². The van der Waals surface area contributed by atoms with Crippen LogP contribution in [0.5, 0.6) is 0 Å². The Morgan fingerprint density at radius 2 is 2.00 bits per heavy atom. The first-order chi connectivity index (χ1) is 6.72. The van der Waals surface area contributed by atoms with Crippen molar-refractivity contribution >= 4 is 5.97 Å². The molecule has 0 N–H and O–H groups in total. The van der Waals surface area contributed by atoms with Crippen LogP contribution in [0.1, 0.15) is 18.1 Å². The summed E-state index contributed by atoms with van der Waals surface area (Å²) in [6.07, 6.45) is 3.08. The number of aryl methyl sites for hydroxylation is 1. The van der Waals surface area contributed by atoms with Gasteiger partial charge in [-0.05, 0) is 19.4 Å². The van der Waals surface area contributed by atoms with Gasteiger partial charge in [0.25, 0.3) is 0 Å².